The predicted octanol–water partition coefficient (Wildman–Crippen LogP) is 2.97. The van der Waals surface area contributed by atoms with Crippen molar-refractivity contribution in [2.45, 2.75) is 18.9 Å². The molecule has 9 heteroatoms. The summed E-state index contributed by atoms with van der Waals surface area (Å²) in [5.74, 6) is -1.45. The lowest BCUT2D eigenvalue weighted by Gasteiger charge is -2.18. The van der Waals surface area contributed by atoms with Crippen LogP contribution in [0.15, 0.2) is 18.2 Å². The fourth-order valence-electron chi connectivity index (χ4n) is 2.26. The van der Waals surface area contributed by atoms with Crippen LogP contribution in [0.3, 0.4) is 0 Å². The van der Waals surface area contributed by atoms with Crippen molar-refractivity contribution >= 4 is 35.1 Å². The molecule has 23 heavy (non-hydrogen) atoms. The lowest BCUT2D eigenvalue weighted by atomic mass is 10.1. The number of amides is 3. The summed E-state index contributed by atoms with van der Waals surface area (Å²) in [6, 6.07) is 4.76. The van der Waals surface area contributed by atoms with Gasteiger partial charge in [0.2, 0.25) is 5.91 Å². The number of hydrogen-bond acceptors (Lipinski definition) is 3. The van der Waals surface area contributed by atoms with Gasteiger partial charge in [-0.15, -0.1) is 0 Å². The minimum atomic E-state index is -4.44. The van der Waals surface area contributed by atoms with Crippen LogP contribution in [0.5, 0.6) is 0 Å². The molecule has 1 aromatic rings. The summed E-state index contributed by atoms with van der Waals surface area (Å²) in [6.07, 6.45) is 0.699. The van der Waals surface area contributed by atoms with E-state index in [1.54, 1.807) is 23.1 Å². The lowest BCUT2D eigenvalue weighted by molar-refractivity contribution is -0.114. The van der Waals surface area contributed by atoms with E-state index in [0.29, 0.717) is 30.9 Å². The van der Waals surface area contributed by atoms with Gasteiger partial charge in [-0.1, -0.05) is 6.07 Å². The number of benzene rings is 1. The van der Waals surface area contributed by atoms with Crippen molar-refractivity contribution in [2.24, 2.45) is 0 Å². The van der Waals surface area contributed by atoms with Gasteiger partial charge in [-0.25, -0.2) is 4.79 Å². The molecule has 0 spiro atoms. The molecule has 1 aliphatic rings. The Morgan fingerprint density at radius 1 is 1.35 bits per heavy atom. The number of rotatable bonds is 4. The zero-order chi connectivity index (χ0) is 17.0. The zero-order valence-corrected chi connectivity index (χ0v) is 13.2. The summed E-state index contributed by atoms with van der Waals surface area (Å²) >= 11 is -0.388. The molecule has 2 rings (SSSR count). The molecule has 0 aliphatic carbocycles. The average Bonchev–Trinajstić information content (AvgIpc) is 2.88. The first-order valence-electron chi connectivity index (χ1n) is 6.99. The maximum absolute atomic E-state index is 12.1. The topological polar surface area (TPSA) is 61.4 Å². The Hall–Kier alpha value is -1.90. The summed E-state index contributed by atoms with van der Waals surface area (Å²) in [7, 11) is 0. The fourth-order valence-corrected chi connectivity index (χ4v) is 2.63. The molecule has 1 aromatic carbocycles. The van der Waals surface area contributed by atoms with E-state index in [1.165, 1.54) is 0 Å². The van der Waals surface area contributed by atoms with E-state index in [0.717, 1.165) is 5.56 Å². The highest BCUT2D eigenvalue weighted by Gasteiger charge is 2.29. The first-order valence-corrected chi connectivity index (χ1v) is 7.97. The number of carbonyl (C=O) groups is 2. The maximum Gasteiger partial charge on any atom is 0.442 e. The summed E-state index contributed by atoms with van der Waals surface area (Å²) in [4.78, 5) is 25.1. The van der Waals surface area contributed by atoms with Crippen molar-refractivity contribution in [2.75, 3.05) is 29.1 Å². The molecule has 0 saturated heterocycles. The number of anilines is 2. The molecule has 0 atom stereocenters. The van der Waals surface area contributed by atoms with Crippen LogP contribution in [0.25, 0.3) is 0 Å². The molecule has 2 N–H and O–H groups in total. The first-order chi connectivity index (χ1) is 10.8. The fraction of sp³-hybridized carbons (Fsp3) is 0.429. The summed E-state index contributed by atoms with van der Waals surface area (Å²) in [5.41, 5.74) is -2.45. The second-order valence-electron chi connectivity index (χ2n) is 4.86. The summed E-state index contributed by atoms with van der Waals surface area (Å²) in [6.45, 7) is 2.84. The van der Waals surface area contributed by atoms with Gasteiger partial charge >= 0.3 is 11.5 Å². The number of urea groups is 1. The van der Waals surface area contributed by atoms with Crippen LogP contribution in [0.1, 0.15) is 12.5 Å². The van der Waals surface area contributed by atoms with E-state index in [1.807, 2.05) is 6.92 Å². The molecular weight excluding hydrogens is 331 g/mol. The minimum absolute atomic E-state index is 0.234. The van der Waals surface area contributed by atoms with Crippen LogP contribution in [0.2, 0.25) is 0 Å². The van der Waals surface area contributed by atoms with Crippen molar-refractivity contribution in [3.8, 4) is 0 Å². The predicted molar refractivity (Wildman–Crippen MR) is 83.7 cm³/mol. The van der Waals surface area contributed by atoms with Gasteiger partial charge in [-0.3, -0.25) is 9.69 Å². The van der Waals surface area contributed by atoms with Crippen LogP contribution < -0.4 is 15.5 Å². The van der Waals surface area contributed by atoms with E-state index < -0.39 is 17.2 Å². The van der Waals surface area contributed by atoms with Crippen molar-refractivity contribution in [1.29, 1.82) is 0 Å². The normalized spacial score (nSPS) is 13.7. The molecule has 1 heterocycles. The van der Waals surface area contributed by atoms with E-state index in [-0.39, 0.29) is 17.8 Å². The molecule has 1 aliphatic heterocycles. The smallest absolute Gasteiger partial charge is 0.338 e. The van der Waals surface area contributed by atoms with Crippen molar-refractivity contribution in [1.82, 2.24) is 5.32 Å². The molecule has 0 aromatic heterocycles. The molecule has 5 nitrogen and oxygen atoms in total. The van der Waals surface area contributed by atoms with Gasteiger partial charge in [-0.05, 0) is 42.8 Å². The lowest BCUT2D eigenvalue weighted by Crippen LogP contribution is -2.38. The van der Waals surface area contributed by atoms with Crippen LogP contribution in [-0.2, 0) is 11.2 Å². The number of fused-ring (bicyclic) bond motifs is 1. The molecule has 0 unspecified atom stereocenters. The standard InChI is InChI=1S/C14H16F3N3O2S/c1-2-18-13(22)20-6-5-9-3-4-10(7-11(9)20)19-12(21)8-23-14(15,16)17/h3-4,7H,2,5-6,8H2,1H3,(H,18,22)(H,19,21). The van der Waals surface area contributed by atoms with Gasteiger partial charge < -0.3 is 10.6 Å². The highest BCUT2D eigenvalue weighted by Crippen LogP contribution is 2.32. The van der Waals surface area contributed by atoms with E-state index in [2.05, 4.69) is 10.6 Å². The monoisotopic (exact) mass is 347 g/mol. The highest BCUT2D eigenvalue weighted by atomic mass is 32.2. The average molecular weight is 347 g/mol. The molecule has 3 amide bonds. The van der Waals surface area contributed by atoms with Crippen LogP contribution in [0.4, 0.5) is 29.3 Å². The Labute approximate surface area is 135 Å². The molecule has 0 radical (unpaired) electrons. The number of nitrogens with zero attached hydrogens (tertiary/aromatic N) is 1. The third-order valence-corrected chi connectivity index (χ3v) is 3.94. The Kier molecular flexibility index (Phi) is 5.40. The largest absolute Gasteiger partial charge is 0.442 e. The number of halogens is 3. The van der Waals surface area contributed by atoms with Crippen molar-refractivity contribution in [3.63, 3.8) is 0 Å². The Morgan fingerprint density at radius 3 is 2.74 bits per heavy atom. The van der Waals surface area contributed by atoms with Gasteiger partial charge in [0.05, 0.1) is 11.4 Å². The van der Waals surface area contributed by atoms with Crippen molar-refractivity contribution < 1.29 is 22.8 Å². The molecule has 0 bridgehead atoms. The van der Waals surface area contributed by atoms with E-state index in [9.17, 15) is 22.8 Å². The highest BCUT2D eigenvalue weighted by molar-refractivity contribution is 8.00. The van der Waals surface area contributed by atoms with Gasteiger partial charge in [0.25, 0.3) is 0 Å². The van der Waals surface area contributed by atoms with Crippen LogP contribution >= 0.6 is 11.8 Å². The van der Waals surface area contributed by atoms with Crippen LogP contribution in [0, 0.1) is 0 Å². The summed E-state index contributed by atoms with van der Waals surface area (Å²) < 4.78 is 36.2. The van der Waals surface area contributed by atoms with Gasteiger partial charge in [0.1, 0.15) is 0 Å². The number of nitrogens with one attached hydrogen (secondary N) is 2. The third-order valence-electron chi connectivity index (χ3n) is 3.20. The van der Waals surface area contributed by atoms with Crippen LogP contribution in [-0.4, -0.2) is 36.3 Å². The van der Waals surface area contributed by atoms with E-state index >= 15 is 0 Å². The molecule has 0 saturated carbocycles. The zero-order valence-electron chi connectivity index (χ0n) is 12.4. The van der Waals surface area contributed by atoms with E-state index in [4.69, 9.17) is 0 Å². The second kappa shape index (κ2) is 7.12. The number of carbonyl (C=O) groups excluding carboxylic acids is 2. The maximum atomic E-state index is 12.1. The van der Waals surface area contributed by atoms with Gasteiger partial charge in [-0.2, -0.15) is 13.2 Å². The Balaban J connectivity index is 2.04. The van der Waals surface area contributed by atoms with Gasteiger partial charge in [0, 0.05) is 18.8 Å². The molecular formula is C14H16F3N3O2S. The molecule has 0 fully saturated rings. The molecule has 126 valence electrons. The number of thioether (sulfide) groups is 1. The number of hydrogen-bond donors (Lipinski definition) is 2. The Morgan fingerprint density at radius 2 is 2.09 bits per heavy atom. The minimum Gasteiger partial charge on any atom is -0.338 e. The SMILES string of the molecule is CCNC(=O)N1CCc2ccc(NC(=O)CSC(F)(F)F)cc21. The third kappa shape index (κ3) is 4.78. The number of alkyl halides is 3. The Bertz CT molecular complexity index is 607. The van der Waals surface area contributed by atoms with Gasteiger partial charge in [0.15, 0.2) is 0 Å². The quantitative estimate of drug-likeness (QED) is 0.880. The second-order valence-corrected chi connectivity index (χ2v) is 5.90. The van der Waals surface area contributed by atoms with Crippen molar-refractivity contribution in [3.05, 3.63) is 23.8 Å². The summed E-state index contributed by atoms with van der Waals surface area (Å²) in [5, 5.41) is 5.11. The first kappa shape index (κ1) is 17.5.